The molecule has 1 fully saturated rings. The molecule has 0 bridgehead atoms. The fourth-order valence-corrected chi connectivity index (χ4v) is 4.32. The predicted molar refractivity (Wildman–Crippen MR) is 120 cm³/mol. The number of aryl methyl sites for hydroxylation is 1. The van der Waals surface area contributed by atoms with Crippen LogP contribution in [0, 0.1) is 5.41 Å². The van der Waals surface area contributed by atoms with Crippen LogP contribution in [0.25, 0.3) is 0 Å². The van der Waals surface area contributed by atoms with E-state index in [4.69, 9.17) is 14.2 Å². The number of benzene rings is 2. The van der Waals surface area contributed by atoms with Crippen LogP contribution in [0.4, 0.5) is 4.79 Å². The summed E-state index contributed by atoms with van der Waals surface area (Å²) in [5, 5.41) is 10.5. The Hall–Kier alpha value is -2.73. The number of methoxy groups -OCH3 is 2. The largest absolute Gasteiger partial charge is 0.493 e. The molecule has 1 amide bonds. The molecule has 2 aromatic rings. The summed E-state index contributed by atoms with van der Waals surface area (Å²) in [5.74, 6) is 1.30. The van der Waals surface area contributed by atoms with Crippen molar-refractivity contribution in [3.63, 3.8) is 0 Å². The van der Waals surface area contributed by atoms with Gasteiger partial charge in [-0.05, 0) is 43.0 Å². The SMILES string of the molecule is COC(=O)N1CC(c2ccc(OC)c(OCCCc3ccccc3)c2)C(C)(C(C)O)C1. The number of carbonyl (C=O) groups is 1. The molecule has 0 spiro atoms. The fraction of sp³-hybridized carbons (Fsp3) is 0.480. The summed E-state index contributed by atoms with van der Waals surface area (Å²) in [5.41, 5.74) is 1.80. The average Bonchev–Trinajstić information content (AvgIpc) is 3.15. The van der Waals surface area contributed by atoms with Crippen LogP contribution in [0.1, 0.15) is 37.3 Å². The molecule has 6 nitrogen and oxygen atoms in total. The van der Waals surface area contributed by atoms with Crippen LogP contribution in [0.5, 0.6) is 11.5 Å². The molecule has 6 heteroatoms. The van der Waals surface area contributed by atoms with Gasteiger partial charge < -0.3 is 24.2 Å². The van der Waals surface area contributed by atoms with Gasteiger partial charge in [0.1, 0.15) is 0 Å². The van der Waals surface area contributed by atoms with Crippen molar-refractivity contribution >= 4 is 6.09 Å². The average molecular weight is 428 g/mol. The third-order valence-corrected chi connectivity index (χ3v) is 6.42. The number of aliphatic hydroxyl groups excluding tert-OH is 1. The van der Waals surface area contributed by atoms with E-state index in [1.165, 1.54) is 12.7 Å². The second-order valence-corrected chi connectivity index (χ2v) is 8.43. The fourth-order valence-electron chi connectivity index (χ4n) is 4.32. The summed E-state index contributed by atoms with van der Waals surface area (Å²) in [6.07, 6.45) is 0.868. The van der Waals surface area contributed by atoms with Gasteiger partial charge in [-0.3, -0.25) is 0 Å². The van der Waals surface area contributed by atoms with Gasteiger partial charge in [0, 0.05) is 24.4 Å². The van der Waals surface area contributed by atoms with Crippen molar-refractivity contribution in [3.8, 4) is 11.5 Å². The second-order valence-electron chi connectivity index (χ2n) is 8.43. The van der Waals surface area contributed by atoms with Crippen LogP contribution in [0.3, 0.4) is 0 Å². The number of hydrogen-bond donors (Lipinski definition) is 1. The molecule has 31 heavy (non-hydrogen) atoms. The van der Waals surface area contributed by atoms with Gasteiger partial charge in [-0.1, -0.05) is 43.3 Å². The molecule has 1 saturated heterocycles. The molecule has 3 rings (SSSR count). The smallest absolute Gasteiger partial charge is 0.409 e. The standard InChI is InChI=1S/C25H33NO5/c1-18(27)25(2)17-26(24(28)30-4)16-21(25)20-12-13-22(29-3)23(15-20)31-14-8-11-19-9-6-5-7-10-19/h5-7,9-10,12-13,15,18,21,27H,8,11,14,16-17H2,1-4H3. The molecule has 1 aliphatic heterocycles. The molecule has 1 heterocycles. The van der Waals surface area contributed by atoms with E-state index in [9.17, 15) is 9.90 Å². The van der Waals surface area contributed by atoms with Crippen molar-refractivity contribution in [3.05, 3.63) is 59.7 Å². The lowest BCUT2D eigenvalue weighted by atomic mass is 9.72. The van der Waals surface area contributed by atoms with E-state index >= 15 is 0 Å². The van der Waals surface area contributed by atoms with Crippen LogP contribution in [0.2, 0.25) is 0 Å². The summed E-state index contributed by atoms with van der Waals surface area (Å²) in [6.45, 7) is 5.27. The summed E-state index contributed by atoms with van der Waals surface area (Å²) >= 11 is 0. The van der Waals surface area contributed by atoms with Crippen LogP contribution < -0.4 is 9.47 Å². The molecular formula is C25H33NO5. The maximum atomic E-state index is 12.1. The summed E-state index contributed by atoms with van der Waals surface area (Å²) in [4.78, 5) is 13.8. The minimum absolute atomic E-state index is 0.0517. The highest BCUT2D eigenvalue weighted by molar-refractivity contribution is 5.68. The van der Waals surface area contributed by atoms with Gasteiger partial charge in [0.25, 0.3) is 0 Å². The number of nitrogens with zero attached hydrogens (tertiary/aromatic N) is 1. The first kappa shape index (κ1) is 22.9. The number of likely N-dealkylation sites (tertiary alicyclic amines) is 1. The Bertz CT molecular complexity index is 869. The maximum Gasteiger partial charge on any atom is 0.409 e. The number of amides is 1. The molecule has 2 aromatic carbocycles. The topological polar surface area (TPSA) is 68.2 Å². The van der Waals surface area contributed by atoms with Crippen LogP contribution in [-0.2, 0) is 11.2 Å². The van der Waals surface area contributed by atoms with Gasteiger partial charge in [-0.15, -0.1) is 0 Å². The number of rotatable bonds is 8. The molecular weight excluding hydrogens is 394 g/mol. The molecule has 0 saturated carbocycles. The van der Waals surface area contributed by atoms with Crippen LogP contribution in [-0.4, -0.2) is 56.1 Å². The Kier molecular flexibility index (Phi) is 7.44. The molecule has 0 aliphatic carbocycles. The molecule has 0 aromatic heterocycles. The summed E-state index contributed by atoms with van der Waals surface area (Å²) < 4.78 is 16.5. The zero-order valence-electron chi connectivity index (χ0n) is 18.8. The quantitative estimate of drug-likeness (QED) is 0.638. The van der Waals surface area contributed by atoms with Gasteiger partial charge >= 0.3 is 6.09 Å². The van der Waals surface area contributed by atoms with Crippen molar-refractivity contribution in [2.45, 2.75) is 38.7 Å². The first-order chi connectivity index (χ1) is 14.9. The highest BCUT2D eigenvalue weighted by atomic mass is 16.5. The number of ether oxygens (including phenoxy) is 3. The maximum absolute atomic E-state index is 12.1. The summed E-state index contributed by atoms with van der Waals surface area (Å²) in [7, 11) is 3.00. The molecule has 3 atom stereocenters. The van der Waals surface area contributed by atoms with Gasteiger partial charge in [-0.25, -0.2) is 4.79 Å². The normalized spacial score (nSPS) is 21.6. The molecule has 0 radical (unpaired) electrons. The van der Waals surface area contributed by atoms with Gasteiger partial charge in [0.05, 0.1) is 26.9 Å². The van der Waals surface area contributed by atoms with E-state index in [2.05, 4.69) is 12.1 Å². The van der Waals surface area contributed by atoms with Crippen LogP contribution >= 0.6 is 0 Å². The van der Waals surface area contributed by atoms with Crippen molar-refractivity contribution < 1.29 is 24.1 Å². The lowest BCUT2D eigenvalue weighted by Gasteiger charge is -2.33. The number of aliphatic hydroxyl groups is 1. The Morgan fingerprint density at radius 2 is 1.94 bits per heavy atom. The third-order valence-electron chi connectivity index (χ3n) is 6.42. The van der Waals surface area contributed by atoms with Gasteiger partial charge in [-0.2, -0.15) is 0 Å². The molecule has 1 N–H and O–H groups in total. The summed E-state index contributed by atoms with van der Waals surface area (Å²) in [6, 6.07) is 16.2. The Morgan fingerprint density at radius 1 is 1.19 bits per heavy atom. The highest BCUT2D eigenvalue weighted by Gasteiger charge is 2.48. The van der Waals surface area contributed by atoms with Crippen LogP contribution in [0.15, 0.2) is 48.5 Å². The lowest BCUT2D eigenvalue weighted by molar-refractivity contribution is 0.0470. The first-order valence-electron chi connectivity index (χ1n) is 10.7. The second kappa shape index (κ2) is 10.1. The zero-order chi connectivity index (χ0) is 22.4. The number of hydrogen-bond acceptors (Lipinski definition) is 5. The minimum atomic E-state index is -0.593. The first-order valence-corrected chi connectivity index (χ1v) is 10.7. The molecule has 3 unspecified atom stereocenters. The van der Waals surface area contributed by atoms with Crippen molar-refractivity contribution in [1.82, 2.24) is 4.90 Å². The monoisotopic (exact) mass is 427 g/mol. The number of carbonyl (C=O) groups excluding carboxylic acids is 1. The Balaban J connectivity index is 1.75. The molecule has 1 aliphatic rings. The minimum Gasteiger partial charge on any atom is -0.493 e. The van der Waals surface area contributed by atoms with E-state index < -0.39 is 11.5 Å². The highest BCUT2D eigenvalue weighted by Crippen LogP contribution is 2.47. The Labute approximate surface area is 184 Å². The van der Waals surface area contributed by atoms with E-state index in [1.54, 1.807) is 18.9 Å². The van der Waals surface area contributed by atoms with Gasteiger partial charge in [0.15, 0.2) is 11.5 Å². The third kappa shape index (κ3) is 5.13. The van der Waals surface area contributed by atoms with E-state index in [0.717, 1.165) is 18.4 Å². The zero-order valence-corrected chi connectivity index (χ0v) is 18.8. The Morgan fingerprint density at radius 3 is 2.58 bits per heavy atom. The van der Waals surface area contributed by atoms with Gasteiger partial charge in [0.2, 0.25) is 0 Å². The van der Waals surface area contributed by atoms with Crippen molar-refractivity contribution in [2.75, 3.05) is 33.9 Å². The predicted octanol–water partition coefficient (Wildman–Crippen LogP) is 4.26. The van der Waals surface area contributed by atoms with E-state index in [1.807, 2.05) is 43.3 Å². The molecule has 168 valence electrons. The van der Waals surface area contributed by atoms with Crippen molar-refractivity contribution in [2.24, 2.45) is 5.41 Å². The van der Waals surface area contributed by atoms with Crippen molar-refractivity contribution in [1.29, 1.82) is 0 Å². The van der Waals surface area contributed by atoms with E-state index in [0.29, 0.717) is 31.2 Å². The van der Waals surface area contributed by atoms with E-state index in [-0.39, 0.29) is 12.0 Å². The lowest BCUT2D eigenvalue weighted by Crippen LogP contribution is -2.38.